The summed E-state index contributed by atoms with van der Waals surface area (Å²) in [5, 5.41) is 0. The Morgan fingerprint density at radius 2 is 1.42 bits per heavy atom. The summed E-state index contributed by atoms with van der Waals surface area (Å²) in [4.78, 5) is 14.9. The minimum absolute atomic E-state index is 0.106. The topological polar surface area (TPSA) is 102 Å². The van der Waals surface area contributed by atoms with Crippen molar-refractivity contribution in [2.45, 2.75) is 19.8 Å². The lowest BCUT2D eigenvalue weighted by Crippen LogP contribution is -2.15. The number of amidine groups is 1. The monoisotopic (exact) mass is 492 g/mol. The fourth-order valence-corrected chi connectivity index (χ4v) is 3.69. The molecule has 0 fully saturated rings. The molecule has 0 bridgehead atoms. The van der Waals surface area contributed by atoms with E-state index in [-0.39, 0.29) is 5.84 Å². The Morgan fingerprint density at radius 3 is 2.00 bits per heavy atom. The van der Waals surface area contributed by atoms with Gasteiger partial charge in [0.1, 0.15) is 30.5 Å². The minimum atomic E-state index is -0.734. The summed E-state index contributed by atoms with van der Waals surface area (Å²) in [5.74, 6) is 3.02. The molecule has 8 nitrogen and oxygen atoms in total. The van der Waals surface area contributed by atoms with E-state index in [1.807, 2.05) is 48.5 Å². The van der Waals surface area contributed by atoms with Crippen LogP contribution in [0.4, 0.5) is 4.79 Å². The predicted octanol–water partition coefficient (Wildman–Crippen LogP) is 5.25. The van der Waals surface area contributed by atoms with E-state index in [4.69, 9.17) is 24.7 Å². The van der Waals surface area contributed by atoms with E-state index in [2.05, 4.69) is 16.7 Å². The van der Waals surface area contributed by atoms with E-state index in [0.29, 0.717) is 30.3 Å². The number of rotatable bonds is 11. The molecule has 0 atom stereocenters. The Bertz CT molecular complexity index is 1170. The molecule has 0 unspecified atom stereocenters. The molecule has 3 rings (SSSR count). The molecule has 36 heavy (non-hydrogen) atoms. The molecule has 0 aromatic heterocycles. The van der Waals surface area contributed by atoms with Crippen molar-refractivity contribution >= 4 is 11.9 Å². The van der Waals surface area contributed by atoms with Crippen LogP contribution in [-0.4, -0.2) is 46.5 Å². The highest BCUT2D eigenvalue weighted by atomic mass is 16.5. The molecule has 0 aliphatic carbocycles. The number of amides is 1. The van der Waals surface area contributed by atoms with Gasteiger partial charge in [-0.15, -0.1) is 0 Å². The number of hydrogen-bond donors (Lipinski definition) is 1. The molecule has 190 valence electrons. The molecule has 0 aliphatic rings. The second kappa shape index (κ2) is 13.0. The summed E-state index contributed by atoms with van der Waals surface area (Å²) in [6.45, 7) is 2.90. The first-order valence-electron chi connectivity index (χ1n) is 11.6. The van der Waals surface area contributed by atoms with Crippen LogP contribution >= 0.6 is 0 Å². The fraction of sp³-hybridized carbons (Fsp3) is 0.286. The lowest BCUT2D eigenvalue weighted by Gasteiger charge is -2.17. The van der Waals surface area contributed by atoms with Gasteiger partial charge in [0.2, 0.25) is 0 Å². The number of nitrogens with two attached hydrogens (primary N) is 1. The average Bonchev–Trinajstić information content (AvgIpc) is 2.91. The van der Waals surface area contributed by atoms with E-state index in [1.54, 1.807) is 26.4 Å². The van der Waals surface area contributed by atoms with Gasteiger partial charge in [0.25, 0.3) is 0 Å². The number of hydrogen-bond acceptors (Lipinski definition) is 6. The van der Waals surface area contributed by atoms with Crippen LogP contribution in [0.15, 0.2) is 65.7 Å². The van der Waals surface area contributed by atoms with Gasteiger partial charge in [0.15, 0.2) is 11.5 Å². The van der Waals surface area contributed by atoms with Crippen LogP contribution < -0.4 is 24.7 Å². The highest BCUT2D eigenvalue weighted by molar-refractivity contribution is 6.02. The van der Waals surface area contributed by atoms with E-state index < -0.39 is 6.09 Å². The summed E-state index contributed by atoms with van der Waals surface area (Å²) in [6.07, 6.45) is 1.05. The molecular weight excluding hydrogens is 460 g/mol. The smallest absolute Gasteiger partial charge is 0.435 e. The normalized spacial score (nSPS) is 11.1. The van der Waals surface area contributed by atoms with Gasteiger partial charge in [-0.25, -0.2) is 4.79 Å². The first-order valence-corrected chi connectivity index (χ1v) is 11.6. The van der Waals surface area contributed by atoms with Gasteiger partial charge in [-0.05, 0) is 41.8 Å². The van der Waals surface area contributed by atoms with Crippen molar-refractivity contribution in [1.29, 1.82) is 0 Å². The Balaban J connectivity index is 1.57. The largest absolute Gasteiger partial charge is 0.493 e. The van der Waals surface area contributed by atoms with Gasteiger partial charge in [-0.1, -0.05) is 49.7 Å². The number of ether oxygens (including phenoxy) is 5. The number of carbonyl (C=O) groups excluding carboxylic acids is 1. The van der Waals surface area contributed by atoms with Crippen LogP contribution in [0, 0.1) is 0 Å². The first kappa shape index (κ1) is 26.4. The lowest BCUT2D eigenvalue weighted by molar-refractivity contribution is 0.182. The molecule has 2 N–H and O–H groups in total. The second-order valence-electron chi connectivity index (χ2n) is 7.79. The predicted molar refractivity (Wildman–Crippen MR) is 140 cm³/mol. The fourth-order valence-electron chi connectivity index (χ4n) is 3.69. The maximum atomic E-state index is 11.3. The van der Waals surface area contributed by atoms with E-state index >= 15 is 0 Å². The van der Waals surface area contributed by atoms with Crippen LogP contribution in [-0.2, 0) is 11.2 Å². The Morgan fingerprint density at radius 1 is 0.806 bits per heavy atom. The van der Waals surface area contributed by atoms with Crippen LogP contribution in [0.5, 0.6) is 23.0 Å². The third-order valence-corrected chi connectivity index (χ3v) is 5.47. The second-order valence-corrected chi connectivity index (χ2v) is 7.79. The maximum Gasteiger partial charge on any atom is 0.435 e. The lowest BCUT2D eigenvalue weighted by atomic mass is 10.0. The van der Waals surface area contributed by atoms with Crippen molar-refractivity contribution in [1.82, 2.24) is 0 Å². The van der Waals surface area contributed by atoms with Gasteiger partial charge in [-0.2, -0.15) is 4.99 Å². The zero-order chi connectivity index (χ0) is 25.9. The maximum absolute atomic E-state index is 11.3. The standard InChI is InChI=1S/C28H32N2O6/c1-5-6-23-24(15-16-25(32-2)26(23)33-3)36-18-17-35-22-13-11-20(12-14-22)19-7-9-21(10-8-19)27(29)30-28(31)34-4/h7-16H,5-6,17-18H2,1-4H3,(H2,29,30,31). The van der Waals surface area contributed by atoms with Gasteiger partial charge in [-0.3, -0.25) is 0 Å². The number of benzene rings is 3. The molecule has 3 aromatic carbocycles. The Hall–Kier alpha value is -4.20. The van der Waals surface area contributed by atoms with Gasteiger partial charge >= 0.3 is 6.09 Å². The highest BCUT2D eigenvalue weighted by Gasteiger charge is 2.15. The Labute approximate surface area is 211 Å². The first-order chi connectivity index (χ1) is 17.5. The molecule has 0 aliphatic heterocycles. The van der Waals surface area contributed by atoms with Crippen molar-refractivity contribution in [3.8, 4) is 34.1 Å². The zero-order valence-electron chi connectivity index (χ0n) is 21.1. The SMILES string of the molecule is CCCc1c(OCCOc2ccc(-c3ccc(/C(N)=N/C(=O)OC)cc3)cc2)ccc(OC)c1OC. The molecule has 0 radical (unpaired) electrons. The van der Waals surface area contributed by atoms with E-state index in [9.17, 15) is 4.79 Å². The Kier molecular flexibility index (Phi) is 9.56. The van der Waals surface area contributed by atoms with Crippen molar-refractivity contribution in [2.75, 3.05) is 34.5 Å². The van der Waals surface area contributed by atoms with Gasteiger partial charge in [0.05, 0.1) is 21.3 Å². The summed E-state index contributed by atoms with van der Waals surface area (Å²) in [7, 11) is 4.52. The molecular formula is C28H32N2O6. The van der Waals surface area contributed by atoms with Crippen LogP contribution in [0.3, 0.4) is 0 Å². The number of carbonyl (C=O) groups is 1. The van der Waals surface area contributed by atoms with Crippen molar-refractivity contribution in [2.24, 2.45) is 10.7 Å². The highest BCUT2D eigenvalue weighted by Crippen LogP contribution is 2.38. The molecule has 0 spiro atoms. The zero-order valence-corrected chi connectivity index (χ0v) is 21.1. The quantitative estimate of drug-likeness (QED) is 0.221. The van der Waals surface area contributed by atoms with Gasteiger partial charge < -0.3 is 29.4 Å². The average molecular weight is 493 g/mol. The molecule has 0 saturated heterocycles. The van der Waals surface area contributed by atoms with Crippen LogP contribution in [0.1, 0.15) is 24.5 Å². The van der Waals surface area contributed by atoms with Crippen molar-refractivity contribution < 1.29 is 28.5 Å². The van der Waals surface area contributed by atoms with Gasteiger partial charge in [0, 0.05) is 11.1 Å². The van der Waals surface area contributed by atoms with Crippen LogP contribution in [0.25, 0.3) is 11.1 Å². The number of nitrogens with zero attached hydrogens (tertiary/aromatic N) is 1. The molecule has 0 saturated carbocycles. The molecule has 1 amide bonds. The molecule has 3 aromatic rings. The number of methoxy groups -OCH3 is 3. The molecule has 0 heterocycles. The third kappa shape index (κ3) is 6.69. The van der Waals surface area contributed by atoms with E-state index in [1.165, 1.54) is 7.11 Å². The molecule has 8 heteroatoms. The minimum Gasteiger partial charge on any atom is -0.493 e. The van der Waals surface area contributed by atoms with Crippen molar-refractivity contribution in [3.05, 3.63) is 71.8 Å². The van der Waals surface area contributed by atoms with Crippen LogP contribution in [0.2, 0.25) is 0 Å². The number of aliphatic imine (C=N–C) groups is 1. The van der Waals surface area contributed by atoms with Crippen molar-refractivity contribution in [3.63, 3.8) is 0 Å². The van der Waals surface area contributed by atoms with E-state index in [0.717, 1.165) is 41.0 Å². The summed E-state index contributed by atoms with van der Waals surface area (Å²) in [6, 6.07) is 19.0. The third-order valence-electron chi connectivity index (χ3n) is 5.47. The summed E-state index contributed by atoms with van der Waals surface area (Å²) in [5.41, 5.74) is 9.48. The summed E-state index contributed by atoms with van der Waals surface area (Å²) < 4.78 is 27.3. The summed E-state index contributed by atoms with van der Waals surface area (Å²) >= 11 is 0.